The molecule has 0 aliphatic rings. The zero-order valence-electron chi connectivity index (χ0n) is 9.05. The van der Waals surface area contributed by atoms with Gasteiger partial charge in [0.15, 0.2) is 0 Å². The molecule has 0 aliphatic carbocycles. The van der Waals surface area contributed by atoms with Gasteiger partial charge in [-0.15, -0.1) is 0 Å². The Balaban J connectivity index is 2.25. The van der Waals surface area contributed by atoms with Gasteiger partial charge in [0, 0.05) is 12.5 Å². The SMILES string of the molecule is CC(CN)C(=O)Nn1cnc2ccccc21. The van der Waals surface area contributed by atoms with E-state index in [2.05, 4.69) is 10.4 Å². The number of nitrogens with one attached hydrogen (secondary N) is 1. The number of nitrogens with two attached hydrogens (primary N) is 1. The topological polar surface area (TPSA) is 72.9 Å². The third-order valence-corrected chi connectivity index (χ3v) is 2.49. The number of fused-ring (bicyclic) bond motifs is 1. The van der Waals surface area contributed by atoms with E-state index in [1.54, 1.807) is 17.9 Å². The van der Waals surface area contributed by atoms with Crippen molar-refractivity contribution in [1.29, 1.82) is 0 Å². The van der Waals surface area contributed by atoms with Gasteiger partial charge in [0.1, 0.15) is 6.33 Å². The molecule has 1 amide bonds. The van der Waals surface area contributed by atoms with Crippen molar-refractivity contribution >= 4 is 16.9 Å². The summed E-state index contributed by atoms with van der Waals surface area (Å²) in [4.78, 5) is 15.8. The van der Waals surface area contributed by atoms with Gasteiger partial charge in [-0.2, -0.15) is 0 Å². The van der Waals surface area contributed by atoms with E-state index in [4.69, 9.17) is 5.73 Å². The standard InChI is InChI=1S/C11H14N4O/c1-8(6-12)11(16)14-15-7-13-9-4-2-3-5-10(9)15/h2-5,7-8H,6,12H2,1H3,(H,14,16). The molecule has 0 bridgehead atoms. The van der Waals surface area contributed by atoms with Gasteiger partial charge in [0.05, 0.1) is 11.0 Å². The number of para-hydroxylation sites is 2. The van der Waals surface area contributed by atoms with Crippen molar-refractivity contribution in [3.63, 3.8) is 0 Å². The molecule has 1 heterocycles. The van der Waals surface area contributed by atoms with Crippen molar-refractivity contribution in [2.75, 3.05) is 12.0 Å². The zero-order valence-corrected chi connectivity index (χ0v) is 9.05. The lowest BCUT2D eigenvalue weighted by atomic mass is 10.2. The first kappa shape index (κ1) is 10.6. The Morgan fingerprint density at radius 2 is 2.31 bits per heavy atom. The van der Waals surface area contributed by atoms with Gasteiger partial charge in [0.2, 0.25) is 5.91 Å². The van der Waals surface area contributed by atoms with Gasteiger partial charge in [-0.3, -0.25) is 10.2 Å². The van der Waals surface area contributed by atoms with Crippen LogP contribution in [-0.2, 0) is 4.79 Å². The van der Waals surface area contributed by atoms with Crippen molar-refractivity contribution in [1.82, 2.24) is 9.66 Å². The Labute approximate surface area is 93.2 Å². The molecule has 0 saturated heterocycles. The summed E-state index contributed by atoms with van der Waals surface area (Å²) in [5.74, 6) is -0.313. The molecule has 0 spiro atoms. The second-order valence-electron chi connectivity index (χ2n) is 3.72. The molecule has 1 atom stereocenters. The highest BCUT2D eigenvalue weighted by molar-refractivity contribution is 5.88. The summed E-state index contributed by atoms with van der Waals surface area (Å²) in [6, 6.07) is 7.60. The van der Waals surface area contributed by atoms with Crippen LogP contribution in [0.2, 0.25) is 0 Å². The highest BCUT2D eigenvalue weighted by atomic mass is 16.2. The Morgan fingerprint density at radius 3 is 3.06 bits per heavy atom. The summed E-state index contributed by atoms with van der Waals surface area (Å²) in [7, 11) is 0. The molecular formula is C11H14N4O. The molecule has 3 N–H and O–H groups in total. The summed E-state index contributed by atoms with van der Waals surface area (Å²) in [6.45, 7) is 2.12. The average molecular weight is 218 g/mol. The van der Waals surface area contributed by atoms with Crippen LogP contribution in [0.4, 0.5) is 0 Å². The van der Waals surface area contributed by atoms with E-state index < -0.39 is 0 Å². The number of amides is 1. The summed E-state index contributed by atoms with van der Waals surface area (Å²) in [5, 5.41) is 0. The highest BCUT2D eigenvalue weighted by Crippen LogP contribution is 2.10. The van der Waals surface area contributed by atoms with Gasteiger partial charge in [-0.1, -0.05) is 19.1 Å². The molecule has 16 heavy (non-hydrogen) atoms. The van der Waals surface area contributed by atoms with Crippen molar-refractivity contribution in [3.05, 3.63) is 30.6 Å². The fraction of sp³-hybridized carbons (Fsp3) is 0.273. The third kappa shape index (κ3) is 1.90. The van der Waals surface area contributed by atoms with Crippen LogP contribution in [0.1, 0.15) is 6.92 Å². The minimum Gasteiger partial charge on any atom is -0.330 e. The van der Waals surface area contributed by atoms with Crippen LogP contribution in [0.3, 0.4) is 0 Å². The third-order valence-electron chi connectivity index (χ3n) is 2.49. The molecule has 0 saturated carbocycles. The molecule has 0 fully saturated rings. The summed E-state index contributed by atoms with van der Waals surface area (Å²) in [6.07, 6.45) is 1.59. The monoisotopic (exact) mass is 218 g/mol. The van der Waals surface area contributed by atoms with Gasteiger partial charge in [0.25, 0.3) is 0 Å². The van der Waals surface area contributed by atoms with Gasteiger partial charge < -0.3 is 5.73 Å². The van der Waals surface area contributed by atoms with Gasteiger partial charge in [-0.05, 0) is 12.1 Å². The van der Waals surface area contributed by atoms with E-state index in [1.807, 2.05) is 24.3 Å². The largest absolute Gasteiger partial charge is 0.330 e. The Hall–Kier alpha value is -1.88. The van der Waals surface area contributed by atoms with E-state index in [1.165, 1.54) is 0 Å². The fourth-order valence-electron chi connectivity index (χ4n) is 1.38. The van der Waals surface area contributed by atoms with Crippen molar-refractivity contribution in [2.45, 2.75) is 6.92 Å². The number of hydrogen-bond donors (Lipinski definition) is 2. The minimum absolute atomic E-state index is 0.106. The Morgan fingerprint density at radius 1 is 1.56 bits per heavy atom. The van der Waals surface area contributed by atoms with Crippen molar-refractivity contribution in [3.8, 4) is 0 Å². The number of nitrogens with zero attached hydrogens (tertiary/aromatic N) is 2. The quantitative estimate of drug-likeness (QED) is 0.796. The number of aromatic nitrogens is 2. The number of carbonyl (C=O) groups is 1. The molecule has 84 valence electrons. The molecule has 5 heteroatoms. The van der Waals surface area contributed by atoms with Crippen LogP contribution in [0.15, 0.2) is 30.6 Å². The van der Waals surface area contributed by atoms with Crippen LogP contribution < -0.4 is 11.2 Å². The normalized spacial score (nSPS) is 12.6. The molecule has 0 radical (unpaired) electrons. The molecule has 2 aromatic rings. The lowest BCUT2D eigenvalue weighted by Crippen LogP contribution is -2.31. The Bertz CT molecular complexity index is 505. The van der Waals surface area contributed by atoms with E-state index >= 15 is 0 Å². The zero-order chi connectivity index (χ0) is 11.5. The maximum absolute atomic E-state index is 11.6. The summed E-state index contributed by atoms with van der Waals surface area (Å²) >= 11 is 0. The summed E-state index contributed by atoms with van der Waals surface area (Å²) < 4.78 is 1.61. The number of hydrogen-bond acceptors (Lipinski definition) is 3. The highest BCUT2D eigenvalue weighted by Gasteiger charge is 2.11. The lowest BCUT2D eigenvalue weighted by Gasteiger charge is -2.10. The predicted octanol–water partition coefficient (Wildman–Crippen LogP) is 0.701. The van der Waals surface area contributed by atoms with E-state index in [0.717, 1.165) is 11.0 Å². The second kappa shape index (κ2) is 4.32. The number of rotatable bonds is 3. The number of imidazole rings is 1. The molecular weight excluding hydrogens is 204 g/mol. The maximum Gasteiger partial charge on any atom is 0.242 e. The lowest BCUT2D eigenvalue weighted by molar-refractivity contribution is -0.120. The molecule has 5 nitrogen and oxygen atoms in total. The van der Waals surface area contributed by atoms with E-state index in [9.17, 15) is 4.79 Å². The van der Waals surface area contributed by atoms with Crippen LogP contribution in [0.25, 0.3) is 11.0 Å². The van der Waals surface area contributed by atoms with Crippen molar-refractivity contribution < 1.29 is 4.79 Å². The summed E-state index contributed by atoms with van der Waals surface area (Å²) in [5.41, 5.74) is 9.90. The maximum atomic E-state index is 11.6. The predicted molar refractivity (Wildman–Crippen MR) is 62.3 cm³/mol. The average Bonchev–Trinajstić information content (AvgIpc) is 2.72. The van der Waals surface area contributed by atoms with Gasteiger partial charge >= 0.3 is 0 Å². The first-order chi connectivity index (χ1) is 7.72. The second-order valence-corrected chi connectivity index (χ2v) is 3.72. The Kier molecular flexibility index (Phi) is 2.87. The first-order valence-corrected chi connectivity index (χ1v) is 5.15. The fourth-order valence-corrected chi connectivity index (χ4v) is 1.38. The number of carbonyl (C=O) groups excluding carboxylic acids is 1. The van der Waals surface area contributed by atoms with E-state index in [-0.39, 0.29) is 11.8 Å². The van der Waals surface area contributed by atoms with Crippen LogP contribution >= 0.6 is 0 Å². The first-order valence-electron chi connectivity index (χ1n) is 5.15. The molecule has 2 rings (SSSR count). The molecule has 1 aromatic heterocycles. The molecule has 1 unspecified atom stereocenters. The van der Waals surface area contributed by atoms with Crippen LogP contribution in [0.5, 0.6) is 0 Å². The smallest absolute Gasteiger partial charge is 0.242 e. The van der Waals surface area contributed by atoms with Gasteiger partial charge in [-0.25, -0.2) is 9.66 Å². The minimum atomic E-state index is -0.207. The molecule has 0 aliphatic heterocycles. The van der Waals surface area contributed by atoms with E-state index in [0.29, 0.717) is 6.54 Å². The van der Waals surface area contributed by atoms with Crippen LogP contribution in [0, 0.1) is 5.92 Å². The van der Waals surface area contributed by atoms with Crippen molar-refractivity contribution in [2.24, 2.45) is 11.7 Å². The number of benzene rings is 1. The molecule has 1 aromatic carbocycles. The van der Waals surface area contributed by atoms with Crippen LogP contribution in [-0.4, -0.2) is 22.1 Å².